The number of aromatic amines is 1. The molecule has 0 aliphatic carbocycles. The first-order valence-corrected chi connectivity index (χ1v) is 5.44. The fourth-order valence-corrected chi connectivity index (χ4v) is 2.05. The number of nitrogens with zero attached hydrogens (tertiary/aromatic N) is 1. The monoisotopic (exact) mass is 242 g/mol. The molecule has 2 aromatic heterocycles. The van der Waals surface area contributed by atoms with Crippen LogP contribution in [0, 0.1) is 6.92 Å². The molecule has 0 unspecified atom stereocenters. The van der Waals surface area contributed by atoms with Crippen LogP contribution in [0.4, 0.5) is 0 Å². The Kier molecular flexibility index (Phi) is 2.19. The second-order valence-corrected chi connectivity index (χ2v) is 4.04. The van der Waals surface area contributed by atoms with E-state index in [0.29, 0.717) is 11.3 Å². The molecule has 0 spiro atoms. The Morgan fingerprint density at radius 1 is 1.39 bits per heavy atom. The van der Waals surface area contributed by atoms with Crippen LogP contribution in [-0.4, -0.2) is 21.2 Å². The van der Waals surface area contributed by atoms with Crippen LogP contribution < -0.4 is 0 Å². The Balaban J connectivity index is 2.24. The SMILES string of the molecule is Cc1c(-c2c[nH]c3ccccc23)noc1C(=O)O. The molecule has 2 heterocycles. The van der Waals surface area contributed by atoms with Gasteiger partial charge in [0.2, 0.25) is 5.76 Å². The highest BCUT2D eigenvalue weighted by molar-refractivity contribution is 5.97. The van der Waals surface area contributed by atoms with E-state index < -0.39 is 5.97 Å². The average Bonchev–Trinajstić information content (AvgIpc) is 2.92. The van der Waals surface area contributed by atoms with Crippen molar-refractivity contribution in [1.82, 2.24) is 10.1 Å². The number of fused-ring (bicyclic) bond motifs is 1. The van der Waals surface area contributed by atoms with E-state index in [4.69, 9.17) is 9.63 Å². The maximum Gasteiger partial charge on any atom is 0.375 e. The Labute approximate surface area is 102 Å². The summed E-state index contributed by atoms with van der Waals surface area (Å²) in [7, 11) is 0. The van der Waals surface area contributed by atoms with Crippen LogP contribution in [0.25, 0.3) is 22.2 Å². The maximum atomic E-state index is 10.9. The molecule has 5 heteroatoms. The maximum absolute atomic E-state index is 10.9. The number of nitrogens with one attached hydrogen (secondary N) is 1. The molecule has 5 nitrogen and oxygen atoms in total. The summed E-state index contributed by atoms with van der Waals surface area (Å²) in [4.78, 5) is 14.0. The molecule has 18 heavy (non-hydrogen) atoms. The minimum Gasteiger partial charge on any atom is -0.475 e. The van der Waals surface area contributed by atoms with Crippen molar-refractivity contribution in [3.8, 4) is 11.3 Å². The van der Waals surface area contributed by atoms with Gasteiger partial charge >= 0.3 is 5.97 Å². The molecular formula is C13H10N2O3. The molecule has 0 amide bonds. The number of aromatic carboxylic acids is 1. The number of benzene rings is 1. The van der Waals surface area contributed by atoms with Gasteiger partial charge in [-0.15, -0.1) is 0 Å². The molecule has 90 valence electrons. The van der Waals surface area contributed by atoms with Gasteiger partial charge in [-0.3, -0.25) is 0 Å². The zero-order chi connectivity index (χ0) is 12.7. The van der Waals surface area contributed by atoms with Crippen LogP contribution in [-0.2, 0) is 0 Å². The van der Waals surface area contributed by atoms with Gasteiger partial charge in [-0.1, -0.05) is 23.4 Å². The van der Waals surface area contributed by atoms with Crippen LogP contribution in [0.5, 0.6) is 0 Å². The summed E-state index contributed by atoms with van der Waals surface area (Å²) in [5.41, 5.74) is 2.92. The number of carboxylic acid groups (broad SMARTS) is 1. The second kappa shape index (κ2) is 3.73. The highest BCUT2D eigenvalue weighted by Gasteiger charge is 2.20. The lowest BCUT2D eigenvalue weighted by atomic mass is 10.1. The summed E-state index contributed by atoms with van der Waals surface area (Å²) < 4.78 is 4.87. The van der Waals surface area contributed by atoms with Gasteiger partial charge in [-0.2, -0.15) is 0 Å². The van der Waals surface area contributed by atoms with Crippen molar-refractivity contribution in [2.24, 2.45) is 0 Å². The van der Waals surface area contributed by atoms with Gasteiger partial charge in [0, 0.05) is 28.2 Å². The van der Waals surface area contributed by atoms with Crippen LogP contribution in [0.15, 0.2) is 35.0 Å². The molecule has 0 aliphatic heterocycles. The summed E-state index contributed by atoms with van der Waals surface area (Å²) >= 11 is 0. The van der Waals surface area contributed by atoms with Gasteiger partial charge in [-0.25, -0.2) is 4.79 Å². The summed E-state index contributed by atoms with van der Waals surface area (Å²) in [6.45, 7) is 1.69. The average molecular weight is 242 g/mol. The van der Waals surface area contributed by atoms with E-state index in [1.165, 1.54) is 0 Å². The van der Waals surface area contributed by atoms with Crippen molar-refractivity contribution in [3.63, 3.8) is 0 Å². The van der Waals surface area contributed by atoms with Gasteiger partial charge in [0.05, 0.1) is 0 Å². The van der Waals surface area contributed by atoms with Crippen LogP contribution in [0.1, 0.15) is 16.1 Å². The van der Waals surface area contributed by atoms with Crippen LogP contribution in [0.3, 0.4) is 0 Å². The number of carbonyl (C=O) groups is 1. The number of para-hydroxylation sites is 1. The van der Waals surface area contributed by atoms with Crippen LogP contribution >= 0.6 is 0 Å². The van der Waals surface area contributed by atoms with Crippen molar-refractivity contribution >= 4 is 16.9 Å². The third-order valence-corrected chi connectivity index (χ3v) is 2.96. The first-order chi connectivity index (χ1) is 8.68. The van der Waals surface area contributed by atoms with Gasteiger partial charge in [0.15, 0.2) is 0 Å². The molecule has 0 bridgehead atoms. The van der Waals surface area contributed by atoms with Crippen molar-refractivity contribution in [3.05, 3.63) is 41.8 Å². The molecule has 0 saturated carbocycles. The third-order valence-electron chi connectivity index (χ3n) is 2.96. The molecule has 1 aromatic carbocycles. The van der Waals surface area contributed by atoms with E-state index in [2.05, 4.69) is 10.1 Å². The van der Waals surface area contributed by atoms with E-state index in [1.807, 2.05) is 24.3 Å². The highest BCUT2D eigenvalue weighted by atomic mass is 16.5. The van der Waals surface area contributed by atoms with Crippen molar-refractivity contribution in [2.75, 3.05) is 0 Å². The lowest BCUT2D eigenvalue weighted by Crippen LogP contribution is -1.95. The quantitative estimate of drug-likeness (QED) is 0.724. The minimum atomic E-state index is -1.11. The predicted molar refractivity (Wildman–Crippen MR) is 65.5 cm³/mol. The Morgan fingerprint density at radius 3 is 2.89 bits per heavy atom. The Morgan fingerprint density at radius 2 is 2.17 bits per heavy atom. The largest absolute Gasteiger partial charge is 0.475 e. The molecule has 3 rings (SSSR count). The first-order valence-electron chi connectivity index (χ1n) is 5.44. The van der Waals surface area contributed by atoms with E-state index >= 15 is 0 Å². The van der Waals surface area contributed by atoms with Gasteiger partial charge < -0.3 is 14.6 Å². The highest BCUT2D eigenvalue weighted by Crippen LogP contribution is 2.31. The fourth-order valence-electron chi connectivity index (χ4n) is 2.05. The zero-order valence-corrected chi connectivity index (χ0v) is 9.60. The van der Waals surface area contributed by atoms with Gasteiger partial charge in [0.25, 0.3) is 0 Å². The molecule has 0 saturated heterocycles. The number of hydrogen-bond donors (Lipinski definition) is 2. The summed E-state index contributed by atoms with van der Waals surface area (Å²) in [5, 5.41) is 13.8. The van der Waals surface area contributed by atoms with Crippen molar-refractivity contribution in [1.29, 1.82) is 0 Å². The molecule has 0 radical (unpaired) electrons. The zero-order valence-electron chi connectivity index (χ0n) is 9.60. The molecule has 0 aliphatic rings. The van der Waals surface area contributed by atoms with E-state index in [1.54, 1.807) is 13.1 Å². The molecule has 0 fully saturated rings. The molecule has 2 N–H and O–H groups in total. The second-order valence-electron chi connectivity index (χ2n) is 4.04. The number of hydrogen-bond acceptors (Lipinski definition) is 3. The van der Waals surface area contributed by atoms with Crippen molar-refractivity contribution in [2.45, 2.75) is 6.92 Å². The lowest BCUT2D eigenvalue weighted by Gasteiger charge is -1.95. The van der Waals surface area contributed by atoms with E-state index in [9.17, 15) is 4.79 Å². The van der Waals surface area contributed by atoms with E-state index in [-0.39, 0.29) is 5.76 Å². The molecular weight excluding hydrogens is 232 g/mol. The standard InChI is InChI=1S/C13H10N2O3/c1-7-11(15-18-12(7)13(16)17)9-6-14-10-5-3-2-4-8(9)10/h2-6,14H,1H3,(H,16,17). The smallest absolute Gasteiger partial charge is 0.375 e. The topological polar surface area (TPSA) is 79.1 Å². The number of rotatable bonds is 2. The fraction of sp³-hybridized carbons (Fsp3) is 0.0769. The number of aromatic nitrogens is 2. The lowest BCUT2D eigenvalue weighted by molar-refractivity contribution is 0.0651. The molecule has 3 aromatic rings. The van der Waals surface area contributed by atoms with Gasteiger partial charge in [0.1, 0.15) is 5.69 Å². The number of H-pyrrole nitrogens is 1. The molecule has 0 atom stereocenters. The first kappa shape index (κ1) is 10.6. The Bertz CT molecular complexity index is 740. The van der Waals surface area contributed by atoms with Gasteiger partial charge in [-0.05, 0) is 13.0 Å². The predicted octanol–water partition coefficient (Wildman–Crippen LogP) is 2.83. The summed E-state index contributed by atoms with van der Waals surface area (Å²) in [6, 6.07) is 7.76. The minimum absolute atomic E-state index is 0.115. The van der Waals surface area contributed by atoms with Crippen molar-refractivity contribution < 1.29 is 14.4 Å². The summed E-state index contributed by atoms with van der Waals surface area (Å²) in [6.07, 6.45) is 1.81. The van der Waals surface area contributed by atoms with E-state index in [0.717, 1.165) is 16.5 Å². The number of carboxylic acids is 1. The third kappa shape index (κ3) is 1.41. The normalized spacial score (nSPS) is 10.9. The Hall–Kier alpha value is -2.56. The van der Waals surface area contributed by atoms with Crippen LogP contribution in [0.2, 0.25) is 0 Å². The summed E-state index contributed by atoms with van der Waals surface area (Å²) in [5.74, 6) is -1.22.